The van der Waals surface area contributed by atoms with Crippen molar-refractivity contribution in [3.8, 4) is 0 Å². The third-order valence-corrected chi connectivity index (χ3v) is 6.95. The molecule has 0 amide bonds. The Bertz CT molecular complexity index is 914. The van der Waals surface area contributed by atoms with Crippen LogP contribution in [0.3, 0.4) is 0 Å². The number of aromatic nitrogens is 2. The molecular weight excluding hydrogens is 464 g/mol. The summed E-state index contributed by atoms with van der Waals surface area (Å²) in [5.41, 5.74) is 26.3. The molecule has 1 aromatic carbocycles. The van der Waals surface area contributed by atoms with Gasteiger partial charge in [0.15, 0.2) is 0 Å². The SMILES string of the molecule is NCCCCN1CCN(CCCCN)c2cc(N=Nc3n(CCCCN)cc[n+]3CCCCN)ccc21. The van der Waals surface area contributed by atoms with Crippen molar-refractivity contribution in [2.75, 3.05) is 62.2 Å². The van der Waals surface area contributed by atoms with Crippen molar-refractivity contribution in [2.24, 2.45) is 33.2 Å². The van der Waals surface area contributed by atoms with E-state index in [-0.39, 0.29) is 0 Å². The van der Waals surface area contributed by atoms with Crippen molar-refractivity contribution in [1.29, 1.82) is 0 Å². The number of imidazole rings is 1. The Labute approximate surface area is 222 Å². The van der Waals surface area contributed by atoms with E-state index in [0.717, 1.165) is 115 Å². The van der Waals surface area contributed by atoms with Gasteiger partial charge >= 0.3 is 5.95 Å². The van der Waals surface area contributed by atoms with E-state index in [1.807, 2.05) is 0 Å². The van der Waals surface area contributed by atoms with Crippen molar-refractivity contribution in [3.05, 3.63) is 30.6 Å². The first-order valence-electron chi connectivity index (χ1n) is 14.2. The maximum atomic E-state index is 5.76. The lowest BCUT2D eigenvalue weighted by molar-refractivity contribution is -0.684. The monoisotopic (exact) mass is 513 g/mol. The predicted molar refractivity (Wildman–Crippen MR) is 153 cm³/mol. The summed E-state index contributed by atoms with van der Waals surface area (Å²) in [6.07, 6.45) is 12.5. The summed E-state index contributed by atoms with van der Waals surface area (Å²) in [5.74, 6) is 0.870. The number of unbranched alkanes of at least 4 members (excludes halogenated alkanes) is 4. The highest BCUT2D eigenvalue weighted by atomic mass is 15.3. The van der Waals surface area contributed by atoms with Crippen LogP contribution in [0.2, 0.25) is 0 Å². The first-order chi connectivity index (χ1) is 18.2. The molecule has 10 heteroatoms. The van der Waals surface area contributed by atoms with Gasteiger partial charge in [-0.2, -0.15) is 0 Å². The topological polar surface area (TPSA) is 144 Å². The largest absolute Gasteiger partial charge is 0.421 e. The van der Waals surface area contributed by atoms with Crippen LogP contribution in [-0.4, -0.2) is 56.9 Å². The maximum absolute atomic E-state index is 5.76. The molecule has 1 aromatic heterocycles. The average Bonchev–Trinajstić information content (AvgIpc) is 3.30. The smallest absolute Gasteiger partial charge is 0.368 e. The summed E-state index contributed by atoms with van der Waals surface area (Å²) in [5, 5.41) is 9.47. The minimum absolute atomic E-state index is 0.703. The summed E-state index contributed by atoms with van der Waals surface area (Å²) in [4.78, 5) is 4.96. The fourth-order valence-electron chi connectivity index (χ4n) is 4.81. The van der Waals surface area contributed by atoms with Gasteiger partial charge in [0.25, 0.3) is 0 Å². The molecule has 0 fully saturated rings. The number of benzene rings is 1. The molecule has 1 aliphatic rings. The van der Waals surface area contributed by atoms with Crippen molar-refractivity contribution < 1.29 is 4.57 Å². The van der Waals surface area contributed by atoms with Crippen LogP contribution in [0.15, 0.2) is 40.8 Å². The third kappa shape index (κ3) is 8.77. The highest BCUT2D eigenvalue weighted by Gasteiger charge is 2.23. The zero-order chi connectivity index (χ0) is 26.3. The number of hydrogen-bond acceptors (Lipinski definition) is 8. The van der Waals surface area contributed by atoms with Crippen LogP contribution in [-0.2, 0) is 13.1 Å². The van der Waals surface area contributed by atoms with Crippen LogP contribution in [0, 0.1) is 0 Å². The van der Waals surface area contributed by atoms with Gasteiger partial charge in [-0.05, 0) is 95.7 Å². The van der Waals surface area contributed by atoms with Gasteiger partial charge in [-0.25, -0.2) is 9.13 Å². The average molecular weight is 514 g/mol. The van der Waals surface area contributed by atoms with Crippen molar-refractivity contribution in [3.63, 3.8) is 0 Å². The van der Waals surface area contributed by atoms with Gasteiger partial charge in [-0.3, -0.25) is 0 Å². The maximum Gasteiger partial charge on any atom is 0.421 e. The molecule has 3 rings (SSSR count). The van der Waals surface area contributed by atoms with Gasteiger partial charge in [-0.15, -0.1) is 0 Å². The van der Waals surface area contributed by atoms with E-state index in [4.69, 9.17) is 33.2 Å². The number of nitrogens with zero attached hydrogens (tertiary/aromatic N) is 6. The van der Waals surface area contributed by atoms with Gasteiger partial charge in [0, 0.05) is 31.3 Å². The van der Waals surface area contributed by atoms with Crippen molar-refractivity contribution in [1.82, 2.24) is 4.57 Å². The van der Waals surface area contributed by atoms with Gasteiger partial charge in [-0.1, -0.05) is 5.11 Å². The number of azo groups is 1. The van der Waals surface area contributed by atoms with Crippen molar-refractivity contribution >= 4 is 23.0 Å². The van der Waals surface area contributed by atoms with Crippen LogP contribution in [0.5, 0.6) is 0 Å². The quantitative estimate of drug-likeness (QED) is 0.137. The molecule has 1 aliphatic heterocycles. The zero-order valence-corrected chi connectivity index (χ0v) is 22.6. The Balaban J connectivity index is 1.83. The summed E-state index contributed by atoms with van der Waals surface area (Å²) in [7, 11) is 0. The number of hydrogen-bond donors (Lipinski definition) is 4. The summed E-state index contributed by atoms with van der Waals surface area (Å²) >= 11 is 0. The van der Waals surface area contributed by atoms with Gasteiger partial charge in [0.2, 0.25) is 0 Å². The van der Waals surface area contributed by atoms with Crippen LogP contribution in [0.4, 0.5) is 23.0 Å². The Morgan fingerprint density at radius 3 is 1.92 bits per heavy atom. The molecule has 2 heterocycles. The van der Waals surface area contributed by atoms with E-state index < -0.39 is 0 Å². The lowest BCUT2D eigenvalue weighted by Gasteiger charge is -2.39. The Hall–Kier alpha value is -2.53. The van der Waals surface area contributed by atoms with E-state index in [0.29, 0.717) is 13.1 Å². The summed E-state index contributed by atoms with van der Waals surface area (Å²) < 4.78 is 4.36. The number of rotatable bonds is 18. The van der Waals surface area contributed by atoms with E-state index in [1.165, 1.54) is 11.4 Å². The molecule has 37 heavy (non-hydrogen) atoms. The molecule has 206 valence electrons. The fourth-order valence-corrected chi connectivity index (χ4v) is 4.81. The summed E-state index contributed by atoms with van der Waals surface area (Å²) in [6.45, 7) is 8.71. The normalized spacial score (nSPS) is 13.6. The lowest BCUT2D eigenvalue weighted by Crippen LogP contribution is -2.42. The van der Waals surface area contributed by atoms with Crippen molar-refractivity contribution in [2.45, 2.75) is 64.5 Å². The second kappa shape index (κ2) is 16.3. The highest BCUT2D eigenvalue weighted by molar-refractivity contribution is 5.76. The second-order valence-corrected chi connectivity index (χ2v) is 9.82. The Kier molecular flexibility index (Phi) is 12.8. The molecular formula is C27H49N10+. The lowest BCUT2D eigenvalue weighted by atomic mass is 10.1. The molecule has 0 spiro atoms. The highest BCUT2D eigenvalue weighted by Crippen LogP contribution is 2.37. The number of nitrogens with two attached hydrogens (primary N) is 4. The first-order valence-corrected chi connectivity index (χ1v) is 14.2. The van der Waals surface area contributed by atoms with Crippen LogP contribution in [0.1, 0.15) is 51.4 Å². The van der Waals surface area contributed by atoms with Crippen LogP contribution in [0.25, 0.3) is 0 Å². The van der Waals surface area contributed by atoms with Gasteiger partial charge < -0.3 is 32.7 Å². The molecule has 0 unspecified atom stereocenters. The number of anilines is 2. The molecule has 0 atom stereocenters. The molecule has 0 bridgehead atoms. The van der Waals surface area contributed by atoms with Gasteiger partial charge in [0.05, 0.1) is 36.9 Å². The predicted octanol–water partition coefficient (Wildman–Crippen LogP) is 2.77. The molecule has 10 nitrogen and oxygen atoms in total. The molecule has 0 saturated carbocycles. The Morgan fingerprint density at radius 1 is 0.676 bits per heavy atom. The molecule has 2 aromatic rings. The van der Waals surface area contributed by atoms with E-state index in [9.17, 15) is 0 Å². The number of aryl methyl sites for hydroxylation is 2. The first kappa shape index (κ1) is 29.0. The van der Waals surface area contributed by atoms with E-state index in [2.05, 4.69) is 49.5 Å². The molecule has 0 aliphatic carbocycles. The van der Waals surface area contributed by atoms with E-state index >= 15 is 0 Å². The van der Waals surface area contributed by atoms with Gasteiger partial charge in [0.1, 0.15) is 5.69 Å². The minimum Gasteiger partial charge on any atom is -0.368 e. The standard InChI is InChI=1S/C27H49N10/c28-11-1-5-15-34-19-20-35(16-6-2-12-29)26-23-24(9-10-25(26)34)32-33-27-36(17-7-3-13-30)21-22-37(27)18-8-4-14-31/h9-10,21-23H,1-8,11-20,28-31H2/q+1. The third-order valence-electron chi connectivity index (χ3n) is 6.95. The molecule has 8 N–H and O–H groups in total. The molecule has 0 radical (unpaired) electrons. The second-order valence-electron chi connectivity index (χ2n) is 9.82. The minimum atomic E-state index is 0.703. The molecule has 0 saturated heterocycles. The van der Waals surface area contributed by atoms with Crippen LogP contribution < -0.4 is 37.3 Å². The Morgan fingerprint density at radius 2 is 1.27 bits per heavy atom. The summed E-state index contributed by atoms with van der Waals surface area (Å²) in [6, 6.07) is 6.48. The van der Waals surface area contributed by atoms with Crippen LogP contribution >= 0.6 is 0 Å². The number of fused-ring (bicyclic) bond motifs is 1. The van der Waals surface area contributed by atoms with E-state index in [1.54, 1.807) is 0 Å². The fraction of sp³-hybridized carbons (Fsp3) is 0.667. The zero-order valence-electron chi connectivity index (χ0n) is 22.6.